The molecular weight excluding hydrogens is 398 g/mol. The smallest absolute Gasteiger partial charge is 0.102 e. The van der Waals surface area contributed by atoms with Crippen LogP contribution in [0.2, 0.25) is 0 Å². The fraction of sp³-hybridized carbons (Fsp3) is 0.700. The van der Waals surface area contributed by atoms with Gasteiger partial charge in [-0.25, -0.2) is 8.93 Å². The molecule has 0 aromatic heterocycles. The minimum absolute atomic E-state index is 0.0175. The summed E-state index contributed by atoms with van der Waals surface area (Å²) in [4.78, 5) is 0. The second kappa shape index (κ2) is 5.88. The van der Waals surface area contributed by atoms with Crippen LogP contribution in [0.25, 0.3) is 0 Å². The summed E-state index contributed by atoms with van der Waals surface area (Å²) in [6.45, 7) is 7.27. The highest BCUT2D eigenvalue weighted by Gasteiger charge is 2.53. The first-order valence-electron chi connectivity index (χ1n) is 9.25. The predicted octanol–water partition coefficient (Wildman–Crippen LogP) is 4.56. The molecule has 1 aromatic carbocycles. The van der Waals surface area contributed by atoms with Crippen LogP contribution < -0.4 is 4.72 Å². The topological polar surface area (TPSA) is 38.3 Å². The molecule has 1 fully saturated rings. The molecule has 1 saturated carbocycles. The highest BCUT2D eigenvalue weighted by molar-refractivity contribution is 9.10. The van der Waals surface area contributed by atoms with Gasteiger partial charge in [0, 0.05) is 24.0 Å². The number of benzene rings is 1. The molecular formula is C20H28BrNO2S. The Morgan fingerprint density at radius 2 is 1.88 bits per heavy atom. The van der Waals surface area contributed by atoms with Gasteiger partial charge >= 0.3 is 0 Å². The molecule has 3 nitrogen and oxygen atoms in total. The van der Waals surface area contributed by atoms with Gasteiger partial charge in [-0.05, 0) is 81.0 Å². The fourth-order valence-electron chi connectivity index (χ4n) is 5.37. The molecule has 5 heteroatoms. The van der Waals surface area contributed by atoms with Crippen molar-refractivity contribution < 1.29 is 8.95 Å². The third-order valence-electron chi connectivity index (χ3n) is 7.20. The van der Waals surface area contributed by atoms with Crippen LogP contribution in [-0.2, 0) is 26.9 Å². The molecule has 2 unspecified atom stereocenters. The monoisotopic (exact) mass is 425 g/mol. The van der Waals surface area contributed by atoms with E-state index in [-0.39, 0.29) is 15.8 Å². The maximum atomic E-state index is 12.9. The van der Waals surface area contributed by atoms with Crippen molar-refractivity contribution in [3.8, 4) is 0 Å². The van der Waals surface area contributed by atoms with Gasteiger partial charge in [0.25, 0.3) is 0 Å². The van der Waals surface area contributed by atoms with Gasteiger partial charge < -0.3 is 4.74 Å². The molecule has 0 bridgehead atoms. The van der Waals surface area contributed by atoms with Crippen LogP contribution in [0.3, 0.4) is 0 Å². The van der Waals surface area contributed by atoms with Gasteiger partial charge in [0.2, 0.25) is 0 Å². The summed E-state index contributed by atoms with van der Waals surface area (Å²) in [6, 6.07) is 4.45. The van der Waals surface area contributed by atoms with Crippen LogP contribution in [0.15, 0.2) is 16.6 Å². The van der Waals surface area contributed by atoms with Crippen LogP contribution in [0, 0.1) is 5.41 Å². The molecule has 0 saturated heterocycles. The van der Waals surface area contributed by atoms with Crippen LogP contribution >= 0.6 is 15.9 Å². The third kappa shape index (κ3) is 2.60. The van der Waals surface area contributed by atoms with Crippen molar-refractivity contribution in [1.29, 1.82) is 0 Å². The fourth-order valence-corrected chi connectivity index (χ4v) is 7.42. The number of fused-ring (bicyclic) bond motifs is 1. The summed E-state index contributed by atoms with van der Waals surface area (Å²) >= 11 is 3.77. The van der Waals surface area contributed by atoms with Gasteiger partial charge in [-0.1, -0.05) is 22.0 Å². The molecule has 2 aliphatic carbocycles. The number of halogens is 1. The van der Waals surface area contributed by atoms with Crippen molar-refractivity contribution in [3.05, 3.63) is 33.3 Å². The molecule has 0 radical (unpaired) electrons. The summed E-state index contributed by atoms with van der Waals surface area (Å²) < 4.78 is 22.8. The first-order chi connectivity index (χ1) is 11.7. The predicted molar refractivity (Wildman–Crippen MR) is 106 cm³/mol. The van der Waals surface area contributed by atoms with E-state index in [0.717, 1.165) is 30.3 Å². The van der Waals surface area contributed by atoms with E-state index in [1.165, 1.54) is 29.5 Å². The maximum absolute atomic E-state index is 12.9. The zero-order valence-electron chi connectivity index (χ0n) is 15.6. The number of nitrogens with one attached hydrogen (secondary N) is 1. The van der Waals surface area contributed by atoms with Crippen LogP contribution in [0.1, 0.15) is 69.1 Å². The van der Waals surface area contributed by atoms with Crippen molar-refractivity contribution in [2.24, 2.45) is 5.41 Å². The molecule has 4 rings (SSSR count). The molecule has 1 aliphatic heterocycles. The standard InChI is InChI=1S/C20H28BrNO2S/c1-18(2)17-15(21)6-5-13-11-20(9-7-19(3,24-4)8-10-20)14(16(13)17)12-22-25(18)23/h5-6,14,22H,7-12H2,1-4H3. The molecule has 25 heavy (non-hydrogen) atoms. The summed E-state index contributed by atoms with van der Waals surface area (Å²) in [5, 5.41) is 0. The van der Waals surface area contributed by atoms with E-state index in [2.05, 4.69) is 53.6 Å². The van der Waals surface area contributed by atoms with Crippen molar-refractivity contribution in [1.82, 2.24) is 4.72 Å². The van der Waals surface area contributed by atoms with E-state index in [1.807, 2.05) is 7.11 Å². The normalized spacial score (nSPS) is 39.2. The van der Waals surface area contributed by atoms with E-state index >= 15 is 0 Å². The van der Waals surface area contributed by atoms with E-state index in [4.69, 9.17) is 4.74 Å². The minimum Gasteiger partial charge on any atom is -0.379 e. The highest BCUT2D eigenvalue weighted by atomic mass is 79.9. The lowest BCUT2D eigenvalue weighted by Crippen LogP contribution is -2.42. The lowest BCUT2D eigenvalue weighted by atomic mass is 9.62. The zero-order valence-corrected chi connectivity index (χ0v) is 18.0. The average Bonchev–Trinajstić information content (AvgIpc) is 2.82. The van der Waals surface area contributed by atoms with E-state index in [1.54, 1.807) is 0 Å². The van der Waals surface area contributed by atoms with Crippen molar-refractivity contribution in [2.45, 2.75) is 69.1 Å². The van der Waals surface area contributed by atoms with Crippen molar-refractivity contribution >= 4 is 26.9 Å². The number of ether oxygens (including phenoxy) is 1. The van der Waals surface area contributed by atoms with Gasteiger partial charge in [-0.15, -0.1) is 0 Å². The first kappa shape index (κ1) is 18.1. The van der Waals surface area contributed by atoms with Crippen molar-refractivity contribution in [3.63, 3.8) is 0 Å². The molecule has 2 atom stereocenters. The molecule has 1 heterocycles. The lowest BCUT2D eigenvalue weighted by Gasteiger charge is -2.45. The molecule has 1 aromatic rings. The van der Waals surface area contributed by atoms with Crippen LogP contribution in [0.4, 0.5) is 0 Å². The molecule has 0 amide bonds. The van der Waals surface area contributed by atoms with E-state index < -0.39 is 11.0 Å². The second-order valence-electron chi connectivity index (χ2n) is 8.87. The van der Waals surface area contributed by atoms with Gasteiger partial charge in [0.1, 0.15) is 11.0 Å². The SMILES string of the molecule is COC1(C)CCC2(CC1)Cc1ccc(Br)c3c1C2CNS(=O)C3(C)C. The lowest BCUT2D eigenvalue weighted by molar-refractivity contribution is -0.0566. The number of hydrogen-bond acceptors (Lipinski definition) is 2. The average molecular weight is 426 g/mol. The minimum atomic E-state index is -1.08. The Labute approximate surface area is 162 Å². The van der Waals surface area contributed by atoms with Crippen LogP contribution in [0.5, 0.6) is 0 Å². The maximum Gasteiger partial charge on any atom is 0.102 e. The molecule has 1 N–H and O–H groups in total. The Kier molecular flexibility index (Phi) is 4.27. The van der Waals surface area contributed by atoms with Crippen molar-refractivity contribution in [2.75, 3.05) is 13.7 Å². The van der Waals surface area contributed by atoms with Gasteiger partial charge in [0.15, 0.2) is 0 Å². The molecule has 138 valence electrons. The first-order valence-corrected chi connectivity index (χ1v) is 11.2. The van der Waals surface area contributed by atoms with Gasteiger partial charge in [-0.3, -0.25) is 0 Å². The summed E-state index contributed by atoms with van der Waals surface area (Å²) in [5.41, 5.74) is 4.50. The Bertz CT molecular complexity index is 737. The van der Waals surface area contributed by atoms with E-state index in [9.17, 15) is 4.21 Å². The van der Waals surface area contributed by atoms with Gasteiger partial charge in [-0.2, -0.15) is 0 Å². The Morgan fingerprint density at radius 1 is 1.20 bits per heavy atom. The quantitative estimate of drug-likeness (QED) is 0.715. The summed E-state index contributed by atoms with van der Waals surface area (Å²) in [6.07, 6.45) is 5.73. The number of hydrogen-bond donors (Lipinski definition) is 1. The Balaban J connectivity index is 1.81. The zero-order chi connectivity index (χ0) is 18.0. The summed E-state index contributed by atoms with van der Waals surface area (Å²) in [5.74, 6) is 0.446. The summed E-state index contributed by atoms with van der Waals surface area (Å²) in [7, 11) is 0.765. The highest BCUT2D eigenvalue weighted by Crippen LogP contribution is 2.60. The second-order valence-corrected chi connectivity index (χ2v) is 11.6. The Hall–Kier alpha value is -0.230. The number of rotatable bonds is 1. The Morgan fingerprint density at radius 3 is 2.52 bits per heavy atom. The largest absolute Gasteiger partial charge is 0.379 e. The molecule has 1 spiro atoms. The van der Waals surface area contributed by atoms with Gasteiger partial charge in [0.05, 0.1) is 10.3 Å². The third-order valence-corrected chi connectivity index (χ3v) is 9.42. The number of methoxy groups -OCH3 is 1. The molecule has 3 aliphatic rings. The van der Waals surface area contributed by atoms with Crippen LogP contribution in [-0.4, -0.2) is 23.5 Å². The van der Waals surface area contributed by atoms with E-state index in [0.29, 0.717) is 5.92 Å².